The van der Waals surface area contributed by atoms with Crippen LogP contribution < -0.4 is 5.32 Å². The predicted octanol–water partition coefficient (Wildman–Crippen LogP) is 3.56. The number of benzene rings is 2. The number of hydrogen-bond donors (Lipinski definition) is 3. The molecule has 2 aromatic carbocycles. The molecule has 3 rings (SSSR count). The number of amides is 1. The number of aromatic carboxylic acids is 1. The Bertz CT molecular complexity index is 915. The fourth-order valence-corrected chi connectivity index (χ4v) is 3.07. The molecule has 0 bridgehead atoms. The Kier molecular flexibility index (Phi) is 4.84. The second-order valence-electron chi connectivity index (χ2n) is 6.00. The minimum absolute atomic E-state index is 0.0461. The van der Waals surface area contributed by atoms with Crippen molar-refractivity contribution in [2.45, 2.75) is 19.3 Å². The fraction of sp³-hybridized carbons (Fsp3) is 0.150. The minimum atomic E-state index is -1.17. The third-order valence-corrected chi connectivity index (χ3v) is 4.36. The number of aliphatic carboxylic acids is 1. The average molecular weight is 351 g/mol. The number of carboxylic acid groups (broad SMARTS) is 2. The Hall–Kier alpha value is -3.41. The summed E-state index contributed by atoms with van der Waals surface area (Å²) in [6.07, 6.45) is 1.32. The van der Waals surface area contributed by atoms with Crippen molar-refractivity contribution >= 4 is 23.5 Å². The SMILES string of the molecule is O=C(O)C1=C(C(=O)Nc2ccc(-c3ccccc3)cc2C(=O)O)CCC1. The van der Waals surface area contributed by atoms with Crippen LogP contribution in [-0.2, 0) is 9.59 Å². The maximum atomic E-state index is 12.4. The van der Waals surface area contributed by atoms with Crippen LogP contribution in [0.15, 0.2) is 59.7 Å². The number of carboxylic acids is 2. The van der Waals surface area contributed by atoms with Crippen LogP contribution in [0.1, 0.15) is 29.6 Å². The molecule has 3 N–H and O–H groups in total. The first-order chi connectivity index (χ1) is 12.5. The quantitative estimate of drug-likeness (QED) is 0.764. The summed E-state index contributed by atoms with van der Waals surface area (Å²) in [5, 5.41) is 21.2. The highest BCUT2D eigenvalue weighted by molar-refractivity contribution is 6.11. The summed E-state index contributed by atoms with van der Waals surface area (Å²) in [4.78, 5) is 35.3. The lowest BCUT2D eigenvalue weighted by Gasteiger charge is -2.12. The second kappa shape index (κ2) is 7.23. The molecule has 6 heteroatoms. The van der Waals surface area contributed by atoms with Gasteiger partial charge in [0.1, 0.15) is 0 Å². The van der Waals surface area contributed by atoms with Gasteiger partial charge in [-0.05, 0) is 42.5 Å². The van der Waals surface area contributed by atoms with E-state index in [4.69, 9.17) is 0 Å². The third-order valence-electron chi connectivity index (χ3n) is 4.36. The monoisotopic (exact) mass is 351 g/mol. The molecule has 1 aliphatic rings. The van der Waals surface area contributed by atoms with Crippen molar-refractivity contribution in [1.82, 2.24) is 0 Å². The standard InChI is InChI=1S/C20H17NO5/c22-18(14-7-4-8-15(14)19(23)24)21-17-10-9-13(11-16(17)20(25)26)12-5-2-1-3-6-12/h1-3,5-6,9-11H,4,7-8H2,(H,21,22)(H,23,24)(H,25,26). The predicted molar refractivity (Wildman–Crippen MR) is 96.0 cm³/mol. The molecule has 0 aliphatic heterocycles. The molecule has 0 fully saturated rings. The van der Waals surface area contributed by atoms with E-state index in [-0.39, 0.29) is 22.4 Å². The van der Waals surface area contributed by atoms with Crippen molar-refractivity contribution in [3.63, 3.8) is 0 Å². The number of hydrogen-bond acceptors (Lipinski definition) is 3. The van der Waals surface area contributed by atoms with Gasteiger partial charge in [0.15, 0.2) is 0 Å². The summed E-state index contributed by atoms with van der Waals surface area (Å²) in [6, 6.07) is 14.0. The summed E-state index contributed by atoms with van der Waals surface area (Å²) in [6.45, 7) is 0. The summed E-state index contributed by atoms with van der Waals surface area (Å²) in [5.74, 6) is -2.84. The number of carbonyl (C=O) groups excluding carboxylic acids is 1. The van der Waals surface area contributed by atoms with Gasteiger partial charge in [-0.15, -0.1) is 0 Å². The summed E-state index contributed by atoms with van der Waals surface area (Å²) in [5.41, 5.74) is 1.98. The molecule has 1 amide bonds. The molecule has 2 aromatic rings. The third kappa shape index (κ3) is 3.49. The van der Waals surface area contributed by atoms with E-state index in [0.717, 1.165) is 5.56 Å². The van der Waals surface area contributed by atoms with Gasteiger partial charge in [0.25, 0.3) is 5.91 Å². The molecule has 0 heterocycles. The maximum absolute atomic E-state index is 12.4. The highest BCUT2D eigenvalue weighted by atomic mass is 16.4. The lowest BCUT2D eigenvalue weighted by Crippen LogP contribution is -2.18. The van der Waals surface area contributed by atoms with Crippen LogP contribution in [0.3, 0.4) is 0 Å². The van der Waals surface area contributed by atoms with E-state index < -0.39 is 17.8 Å². The van der Waals surface area contributed by atoms with Gasteiger partial charge in [0.2, 0.25) is 0 Å². The first-order valence-electron chi connectivity index (χ1n) is 8.17. The number of nitrogens with one attached hydrogen (secondary N) is 1. The van der Waals surface area contributed by atoms with Crippen LogP contribution in [0, 0.1) is 0 Å². The van der Waals surface area contributed by atoms with Crippen molar-refractivity contribution in [1.29, 1.82) is 0 Å². The Morgan fingerprint density at radius 3 is 2.15 bits per heavy atom. The first-order valence-corrected chi connectivity index (χ1v) is 8.17. The van der Waals surface area contributed by atoms with Gasteiger partial charge < -0.3 is 15.5 Å². The lowest BCUT2D eigenvalue weighted by atomic mass is 10.0. The second-order valence-corrected chi connectivity index (χ2v) is 6.00. The Morgan fingerprint density at radius 1 is 0.808 bits per heavy atom. The molecule has 132 valence electrons. The van der Waals surface area contributed by atoms with Gasteiger partial charge >= 0.3 is 11.9 Å². The van der Waals surface area contributed by atoms with Gasteiger partial charge in [0, 0.05) is 11.1 Å². The summed E-state index contributed by atoms with van der Waals surface area (Å²) in [7, 11) is 0. The van der Waals surface area contributed by atoms with Crippen LogP contribution in [0.5, 0.6) is 0 Å². The zero-order valence-corrected chi connectivity index (χ0v) is 13.9. The molecule has 0 aromatic heterocycles. The Labute approximate surface area is 149 Å². The topological polar surface area (TPSA) is 104 Å². The van der Waals surface area contributed by atoms with Crippen molar-refractivity contribution < 1.29 is 24.6 Å². The zero-order valence-electron chi connectivity index (χ0n) is 13.9. The molecular weight excluding hydrogens is 334 g/mol. The number of anilines is 1. The highest BCUT2D eigenvalue weighted by Crippen LogP contribution is 2.29. The maximum Gasteiger partial charge on any atom is 0.337 e. The van der Waals surface area contributed by atoms with E-state index >= 15 is 0 Å². The molecule has 0 radical (unpaired) electrons. The average Bonchev–Trinajstić information content (AvgIpc) is 3.13. The minimum Gasteiger partial charge on any atom is -0.478 e. The van der Waals surface area contributed by atoms with Crippen molar-refractivity contribution in [2.75, 3.05) is 5.32 Å². The summed E-state index contributed by atoms with van der Waals surface area (Å²) >= 11 is 0. The molecule has 0 saturated carbocycles. The smallest absolute Gasteiger partial charge is 0.337 e. The number of rotatable bonds is 5. The van der Waals surface area contributed by atoms with Crippen molar-refractivity contribution in [3.8, 4) is 11.1 Å². The van der Waals surface area contributed by atoms with Gasteiger partial charge in [0.05, 0.1) is 11.3 Å². The van der Waals surface area contributed by atoms with E-state index in [1.807, 2.05) is 30.3 Å². The Morgan fingerprint density at radius 2 is 1.50 bits per heavy atom. The molecule has 0 unspecified atom stereocenters. The molecule has 1 aliphatic carbocycles. The highest BCUT2D eigenvalue weighted by Gasteiger charge is 2.26. The number of carbonyl (C=O) groups is 3. The zero-order chi connectivity index (χ0) is 18.7. The van der Waals surface area contributed by atoms with E-state index in [1.54, 1.807) is 6.07 Å². The molecule has 6 nitrogen and oxygen atoms in total. The summed E-state index contributed by atoms with van der Waals surface area (Å²) < 4.78 is 0. The van der Waals surface area contributed by atoms with Crippen LogP contribution in [0.4, 0.5) is 5.69 Å². The molecule has 0 saturated heterocycles. The molecule has 26 heavy (non-hydrogen) atoms. The van der Waals surface area contributed by atoms with E-state index in [9.17, 15) is 24.6 Å². The fourth-order valence-electron chi connectivity index (χ4n) is 3.07. The van der Waals surface area contributed by atoms with E-state index in [1.165, 1.54) is 12.1 Å². The molecular formula is C20H17NO5. The van der Waals surface area contributed by atoms with E-state index in [0.29, 0.717) is 24.8 Å². The molecule has 0 spiro atoms. The normalized spacial score (nSPS) is 13.5. The van der Waals surface area contributed by atoms with Gasteiger partial charge in [-0.3, -0.25) is 4.79 Å². The van der Waals surface area contributed by atoms with Crippen LogP contribution in [-0.4, -0.2) is 28.1 Å². The van der Waals surface area contributed by atoms with Gasteiger partial charge in [-0.2, -0.15) is 0 Å². The van der Waals surface area contributed by atoms with Crippen LogP contribution in [0.25, 0.3) is 11.1 Å². The largest absolute Gasteiger partial charge is 0.478 e. The lowest BCUT2D eigenvalue weighted by molar-refractivity contribution is -0.133. The Balaban J connectivity index is 1.93. The van der Waals surface area contributed by atoms with Crippen LogP contribution >= 0.6 is 0 Å². The van der Waals surface area contributed by atoms with E-state index in [2.05, 4.69) is 5.32 Å². The first kappa shape index (κ1) is 17.4. The van der Waals surface area contributed by atoms with Gasteiger partial charge in [-0.1, -0.05) is 36.4 Å². The molecule has 0 atom stereocenters. The van der Waals surface area contributed by atoms with Crippen molar-refractivity contribution in [3.05, 3.63) is 65.2 Å². The van der Waals surface area contributed by atoms with Crippen LogP contribution in [0.2, 0.25) is 0 Å². The van der Waals surface area contributed by atoms with Crippen molar-refractivity contribution in [2.24, 2.45) is 0 Å². The van der Waals surface area contributed by atoms with Gasteiger partial charge in [-0.25, -0.2) is 9.59 Å².